The molecule has 0 N–H and O–H groups in total. The van der Waals surface area contributed by atoms with Gasteiger partial charge in [0.15, 0.2) is 0 Å². The highest BCUT2D eigenvalue weighted by Crippen LogP contribution is 2.37. The van der Waals surface area contributed by atoms with Gasteiger partial charge in [0.2, 0.25) is 0 Å². The number of hydrogen-bond acceptors (Lipinski definition) is 5. The van der Waals surface area contributed by atoms with Gasteiger partial charge in [-0.1, -0.05) is 42.5 Å². The molecule has 2 heterocycles. The molecule has 0 spiro atoms. The fraction of sp³-hybridized carbons (Fsp3) is 0.385. The maximum absolute atomic E-state index is 12.9. The van der Waals surface area contributed by atoms with Crippen LogP contribution in [0.5, 0.6) is 5.75 Å². The number of carbonyl (C=O) groups is 1. The van der Waals surface area contributed by atoms with E-state index in [2.05, 4.69) is 23.1 Å². The van der Waals surface area contributed by atoms with Gasteiger partial charge < -0.3 is 9.47 Å². The molecule has 4 rings (SSSR count). The van der Waals surface area contributed by atoms with Gasteiger partial charge in [-0.3, -0.25) is 14.7 Å². The fourth-order valence-corrected chi connectivity index (χ4v) is 4.29. The van der Waals surface area contributed by atoms with Gasteiger partial charge in [-0.2, -0.15) is 0 Å². The summed E-state index contributed by atoms with van der Waals surface area (Å²) in [4.78, 5) is 20.0. The van der Waals surface area contributed by atoms with Crippen LogP contribution in [0.15, 0.2) is 66.7 Å². The van der Waals surface area contributed by atoms with Crippen molar-refractivity contribution in [3.8, 4) is 5.75 Å². The van der Waals surface area contributed by atoms with Crippen LogP contribution >= 0.6 is 0 Å². The van der Waals surface area contributed by atoms with Crippen molar-refractivity contribution in [3.63, 3.8) is 0 Å². The molecule has 0 saturated carbocycles. The molecule has 5 heteroatoms. The Kier molecular flexibility index (Phi) is 6.82. The molecule has 2 aromatic carbocycles. The van der Waals surface area contributed by atoms with E-state index in [1.807, 2.05) is 55.5 Å². The Hall–Kier alpha value is -2.92. The number of fused-ring (bicyclic) bond motifs is 1. The second-order valence-corrected chi connectivity index (χ2v) is 8.18. The number of piperidine rings is 1. The minimum Gasteiger partial charge on any atom is -0.494 e. The van der Waals surface area contributed by atoms with Gasteiger partial charge in [-0.05, 0) is 63.5 Å². The number of aromatic nitrogens is 1. The number of esters is 1. The van der Waals surface area contributed by atoms with Crippen molar-refractivity contribution in [2.24, 2.45) is 5.41 Å². The van der Waals surface area contributed by atoms with E-state index in [0.29, 0.717) is 19.6 Å². The van der Waals surface area contributed by atoms with Crippen LogP contribution in [-0.4, -0.2) is 42.2 Å². The van der Waals surface area contributed by atoms with E-state index in [0.717, 1.165) is 54.8 Å². The highest BCUT2D eigenvalue weighted by Gasteiger charge is 2.42. The van der Waals surface area contributed by atoms with Crippen molar-refractivity contribution in [3.05, 3.63) is 72.4 Å². The number of likely N-dealkylation sites (tertiary alicyclic amines) is 1. The molecule has 0 amide bonds. The van der Waals surface area contributed by atoms with E-state index in [-0.39, 0.29) is 5.97 Å². The molecular formula is C26H30N2O3. The van der Waals surface area contributed by atoms with Crippen LogP contribution in [0.1, 0.15) is 31.9 Å². The maximum Gasteiger partial charge on any atom is 0.312 e. The fourth-order valence-electron chi connectivity index (χ4n) is 4.29. The molecule has 0 aliphatic carbocycles. The summed E-state index contributed by atoms with van der Waals surface area (Å²) < 4.78 is 11.4. The summed E-state index contributed by atoms with van der Waals surface area (Å²) in [6.07, 6.45) is 2.22. The molecule has 162 valence electrons. The van der Waals surface area contributed by atoms with E-state index in [1.165, 1.54) is 0 Å². The Morgan fingerprint density at radius 1 is 1.00 bits per heavy atom. The summed E-state index contributed by atoms with van der Waals surface area (Å²) in [7, 11) is 0. The number of para-hydroxylation sites is 2. The number of ether oxygens (including phenoxy) is 2. The van der Waals surface area contributed by atoms with Crippen LogP contribution in [0.2, 0.25) is 0 Å². The minimum absolute atomic E-state index is 0.0878. The summed E-state index contributed by atoms with van der Waals surface area (Å²) in [5.41, 5.74) is 1.61. The Balaban J connectivity index is 1.37. The number of rotatable bonds is 8. The zero-order valence-electron chi connectivity index (χ0n) is 18.1. The Labute approximate surface area is 184 Å². The van der Waals surface area contributed by atoms with Gasteiger partial charge in [0.25, 0.3) is 0 Å². The van der Waals surface area contributed by atoms with Crippen molar-refractivity contribution in [2.75, 3.05) is 26.3 Å². The molecule has 1 saturated heterocycles. The standard InChI is InChI=1S/C26H30N2O3/c1-2-30-25(29)26(16-19-31-23-9-4-3-5-10-23)14-17-28(18-15-26)20-22-13-12-21-8-6-7-11-24(21)27-22/h3-13H,2,14-20H2,1H3. The maximum atomic E-state index is 12.9. The number of benzene rings is 2. The first kappa shape index (κ1) is 21.3. The average Bonchev–Trinajstić information content (AvgIpc) is 2.81. The van der Waals surface area contributed by atoms with Crippen molar-refractivity contribution in [2.45, 2.75) is 32.7 Å². The predicted octanol–water partition coefficient (Wildman–Crippen LogP) is 4.85. The Bertz CT molecular complexity index is 998. The van der Waals surface area contributed by atoms with E-state index in [9.17, 15) is 4.79 Å². The van der Waals surface area contributed by atoms with Gasteiger partial charge in [0.05, 0.1) is 29.8 Å². The van der Waals surface area contributed by atoms with Gasteiger partial charge >= 0.3 is 5.97 Å². The summed E-state index contributed by atoms with van der Waals surface area (Å²) >= 11 is 0. The van der Waals surface area contributed by atoms with E-state index in [4.69, 9.17) is 14.5 Å². The second-order valence-electron chi connectivity index (χ2n) is 8.18. The van der Waals surface area contributed by atoms with Gasteiger partial charge in [0, 0.05) is 11.9 Å². The SMILES string of the molecule is CCOC(=O)C1(CCOc2ccccc2)CCN(Cc2ccc3ccccc3n2)CC1. The van der Waals surface area contributed by atoms with Crippen LogP contribution in [-0.2, 0) is 16.1 Å². The van der Waals surface area contributed by atoms with Crippen molar-refractivity contribution < 1.29 is 14.3 Å². The lowest BCUT2D eigenvalue weighted by atomic mass is 9.75. The highest BCUT2D eigenvalue weighted by molar-refractivity contribution is 5.78. The van der Waals surface area contributed by atoms with Crippen LogP contribution in [0.3, 0.4) is 0 Å². The summed E-state index contributed by atoms with van der Waals surface area (Å²) in [6.45, 7) is 5.27. The smallest absolute Gasteiger partial charge is 0.312 e. The Morgan fingerprint density at radius 3 is 2.52 bits per heavy atom. The highest BCUT2D eigenvalue weighted by atomic mass is 16.5. The van der Waals surface area contributed by atoms with Crippen LogP contribution in [0.25, 0.3) is 10.9 Å². The molecule has 0 bridgehead atoms. The Morgan fingerprint density at radius 2 is 1.74 bits per heavy atom. The lowest BCUT2D eigenvalue weighted by Gasteiger charge is -2.39. The van der Waals surface area contributed by atoms with Crippen molar-refractivity contribution in [1.29, 1.82) is 0 Å². The first-order valence-electron chi connectivity index (χ1n) is 11.1. The van der Waals surface area contributed by atoms with Crippen LogP contribution in [0.4, 0.5) is 0 Å². The molecule has 5 nitrogen and oxygen atoms in total. The third-order valence-electron chi connectivity index (χ3n) is 6.16. The van der Waals surface area contributed by atoms with E-state index >= 15 is 0 Å². The van der Waals surface area contributed by atoms with Gasteiger partial charge in [0.1, 0.15) is 5.75 Å². The molecule has 0 radical (unpaired) electrons. The third kappa shape index (κ3) is 5.23. The lowest BCUT2D eigenvalue weighted by Crippen LogP contribution is -2.45. The monoisotopic (exact) mass is 418 g/mol. The molecular weight excluding hydrogens is 388 g/mol. The number of nitrogens with zero attached hydrogens (tertiary/aromatic N) is 2. The quantitative estimate of drug-likeness (QED) is 0.490. The van der Waals surface area contributed by atoms with Gasteiger partial charge in [-0.15, -0.1) is 0 Å². The molecule has 1 fully saturated rings. The summed E-state index contributed by atoms with van der Waals surface area (Å²) in [6, 6.07) is 22.2. The van der Waals surface area contributed by atoms with E-state index < -0.39 is 5.41 Å². The molecule has 31 heavy (non-hydrogen) atoms. The lowest BCUT2D eigenvalue weighted by molar-refractivity contribution is -0.159. The molecule has 0 atom stereocenters. The number of pyridine rings is 1. The summed E-state index contributed by atoms with van der Waals surface area (Å²) in [5, 5.41) is 1.16. The predicted molar refractivity (Wildman–Crippen MR) is 122 cm³/mol. The summed E-state index contributed by atoms with van der Waals surface area (Å²) in [5.74, 6) is 0.747. The first-order chi connectivity index (χ1) is 15.2. The molecule has 1 aliphatic heterocycles. The van der Waals surface area contributed by atoms with Gasteiger partial charge in [-0.25, -0.2) is 0 Å². The molecule has 1 aromatic heterocycles. The normalized spacial score (nSPS) is 16.2. The third-order valence-corrected chi connectivity index (χ3v) is 6.16. The van der Waals surface area contributed by atoms with Crippen LogP contribution < -0.4 is 4.74 Å². The molecule has 0 unspecified atom stereocenters. The average molecular weight is 419 g/mol. The second kappa shape index (κ2) is 9.92. The number of carbonyl (C=O) groups excluding carboxylic acids is 1. The number of hydrogen-bond donors (Lipinski definition) is 0. The first-order valence-corrected chi connectivity index (χ1v) is 11.1. The molecule has 1 aliphatic rings. The molecule has 3 aromatic rings. The largest absolute Gasteiger partial charge is 0.494 e. The van der Waals surface area contributed by atoms with Crippen molar-refractivity contribution in [1.82, 2.24) is 9.88 Å². The van der Waals surface area contributed by atoms with Crippen LogP contribution in [0, 0.1) is 5.41 Å². The minimum atomic E-state index is -0.474. The topological polar surface area (TPSA) is 51.7 Å². The zero-order chi connectivity index (χ0) is 21.5. The van der Waals surface area contributed by atoms with E-state index in [1.54, 1.807) is 0 Å². The zero-order valence-corrected chi connectivity index (χ0v) is 18.1. The van der Waals surface area contributed by atoms with Crippen molar-refractivity contribution >= 4 is 16.9 Å².